The number of thiazole rings is 1. The van der Waals surface area contributed by atoms with Crippen LogP contribution in [0.5, 0.6) is 0 Å². The van der Waals surface area contributed by atoms with E-state index >= 15 is 0 Å². The summed E-state index contributed by atoms with van der Waals surface area (Å²) < 4.78 is 5.70. The molecule has 2 N–H and O–H groups in total. The molecule has 0 radical (unpaired) electrons. The number of hydrogen-bond acceptors (Lipinski definition) is 8. The molecular weight excluding hydrogens is 460 g/mol. The smallest absolute Gasteiger partial charge is 0.239 e. The molecule has 0 aliphatic carbocycles. The summed E-state index contributed by atoms with van der Waals surface area (Å²) in [5.41, 5.74) is 1.98. The van der Waals surface area contributed by atoms with E-state index in [-0.39, 0.29) is 12.5 Å². The molecular formula is C26H28N6O2S. The van der Waals surface area contributed by atoms with Crippen molar-refractivity contribution in [2.24, 2.45) is 5.92 Å². The van der Waals surface area contributed by atoms with Gasteiger partial charge in [-0.05, 0) is 50.0 Å². The Kier molecular flexibility index (Phi) is 7.27. The molecule has 4 heterocycles. The molecule has 1 aromatic carbocycles. The molecule has 1 amide bonds. The minimum absolute atomic E-state index is 0.144. The van der Waals surface area contributed by atoms with Crippen LogP contribution in [0.1, 0.15) is 17.7 Å². The number of aryl methyl sites for hydroxylation is 1. The van der Waals surface area contributed by atoms with Gasteiger partial charge in [-0.3, -0.25) is 9.69 Å². The highest BCUT2D eigenvalue weighted by Crippen LogP contribution is 2.26. The number of carbonyl (C=O) groups excluding carboxylic acids is 1. The number of benzene rings is 1. The van der Waals surface area contributed by atoms with Crippen LogP contribution < -0.4 is 10.6 Å². The number of aromatic nitrogens is 3. The summed E-state index contributed by atoms with van der Waals surface area (Å²) in [6.07, 6.45) is 2.86. The predicted octanol–water partition coefficient (Wildman–Crippen LogP) is 4.22. The minimum Gasteiger partial charge on any atom is -0.458 e. The van der Waals surface area contributed by atoms with E-state index in [0.29, 0.717) is 29.0 Å². The molecule has 1 fully saturated rings. The molecule has 1 aliphatic rings. The van der Waals surface area contributed by atoms with E-state index in [9.17, 15) is 4.79 Å². The van der Waals surface area contributed by atoms with Crippen molar-refractivity contribution in [1.82, 2.24) is 25.2 Å². The molecule has 1 atom stereocenters. The van der Waals surface area contributed by atoms with Crippen LogP contribution in [0.3, 0.4) is 0 Å². The topological polar surface area (TPSA) is 96.2 Å². The SMILES string of the molecule is Cc1ccc(-c2nc(NC(=O)CNCC3CCN(Cc4ccccc4)C3)cc(-c3nccs3)n2)o1. The zero-order chi connectivity index (χ0) is 24.0. The number of likely N-dealkylation sites (tertiary alicyclic amines) is 1. The van der Waals surface area contributed by atoms with Gasteiger partial charge in [-0.2, -0.15) is 0 Å². The van der Waals surface area contributed by atoms with Crippen LogP contribution in [0, 0.1) is 12.8 Å². The number of amides is 1. The highest BCUT2D eigenvalue weighted by atomic mass is 32.1. The second-order valence-electron chi connectivity index (χ2n) is 8.76. The summed E-state index contributed by atoms with van der Waals surface area (Å²) in [5, 5.41) is 8.86. The quantitative estimate of drug-likeness (QED) is 0.364. The fraction of sp³-hybridized carbons (Fsp3) is 0.308. The Morgan fingerprint density at radius 2 is 2.09 bits per heavy atom. The van der Waals surface area contributed by atoms with E-state index < -0.39 is 0 Å². The fourth-order valence-corrected chi connectivity index (χ4v) is 4.87. The zero-order valence-electron chi connectivity index (χ0n) is 19.6. The van der Waals surface area contributed by atoms with Gasteiger partial charge in [0.25, 0.3) is 0 Å². The maximum absolute atomic E-state index is 12.7. The average molecular weight is 489 g/mol. The monoisotopic (exact) mass is 488 g/mol. The molecule has 4 aromatic rings. The summed E-state index contributed by atoms with van der Waals surface area (Å²) in [4.78, 5) is 28.6. The molecule has 1 saturated heterocycles. The largest absolute Gasteiger partial charge is 0.458 e. The first-order valence-corrected chi connectivity index (χ1v) is 12.6. The van der Waals surface area contributed by atoms with E-state index in [2.05, 4.69) is 54.8 Å². The van der Waals surface area contributed by atoms with Crippen molar-refractivity contribution in [3.63, 3.8) is 0 Å². The van der Waals surface area contributed by atoms with Crippen LogP contribution in [0.15, 0.2) is 64.5 Å². The summed E-state index contributed by atoms with van der Waals surface area (Å²) in [7, 11) is 0. The van der Waals surface area contributed by atoms with Gasteiger partial charge in [0, 0.05) is 30.7 Å². The number of carbonyl (C=O) groups is 1. The number of anilines is 1. The standard InChI is InChI=1S/C26H28N6O2S/c1-18-7-8-22(34-18)25-29-21(26-28-10-12-35-26)13-23(31-25)30-24(33)15-27-14-20-9-11-32(17-20)16-19-5-3-2-4-6-19/h2-8,10,12-13,20,27H,9,11,14-17H2,1H3,(H,29,30,31,33). The molecule has 0 spiro atoms. The molecule has 1 unspecified atom stereocenters. The first-order valence-electron chi connectivity index (χ1n) is 11.7. The maximum atomic E-state index is 12.7. The average Bonchev–Trinajstić information content (AvgIpc) is 3.62. The zero-order valence-corrected chi connectivity index (χ0v) is 20.4. The lowest BCUT2D eigenvalue weighted by Gasteiger charge is -2.16. The molecule has 3 aromatic heterocycles. The number of nitrogens with one attached hydrogen (secondary N) is 2. The van der Waals surface area contributed by atoms with Gasteiger partial charge in [0.05, 0.1) is 6.54 Å². The van der Waals surface area contributed by atoms with Crippen molar-refractivity contribution >= 4 is 23.1 Å². The summed E-state index contributed by atoms with van der Waals surface area (Å²) in [6, 6.07) is 16.0. The van der Waals surface area contributed by atoms with Crippen molar-refractivity contribution in [2.75, 3.05) is 31.5 Å². The van der Waals surface area contributed by atoms with E-state index in [1.54, 1.807) is 12.3 Å². The van der Waals surface area contributed by atoms with Crippen LogP contribution in [0.25, 0.3) is 22.3 Å². The Morgan fingerprint density at radius 3 is 2.86 bits per heavy atom. The molecule has 0 bridgehead atoms. The Bertz CT molecular complexity index is 1260. The number of rotatable bonds is 9. The van der Waals surface area contributed by atoms with Crippen LogP contribution in [-0.2, 0) is 11.3 Å². The number of nitrogens with zero attached hydrogens (tertiary/aromatic N) is 4. The Morgan fingerprint density at radius 1 is 1.20 bits per heavy atom. The summed E-state index contributed by atoms with van der Waals surface area (Å²) >= 11 is 1.48. The highest BCUT2D eigenvalue weighted by Gasteiger charge is 2.22. The fourth-order valence-electron chi connectivity index (χ4n) is 4.28. The Balaban J connectivity index is 1.16. The van der Waals surface area contributed by atoms with Crippen LogP contribution in [0.4, 0.5) is 5.82 Å². The van der Waals surface area contributed by atoms with Gasteiger partial charge < -0.3 is 15.1 Å². The van der Waals surface area contributed by atoms with Crippen LogP contribution >= 0.6 is 11.3 Å². The van der Waals surface area contributed by atoms with Crippen molar-refractivity contribution in [3.8, 4) is 22.3 Å². The molecule has 8 nitrogen and oxygen atoms in total. The first kappa shape index (κ1) is 23.3. The van der Waals surface area contributed by atoms with E-state index in [4.69, 9.17) is 4.42 Å². The van der Waals surface area contributed by atoms with Gasteiger partial charge in [0.1, 0.15) is 22.3 Å². The lowest BCUT2D eigenvalue weighted by atomic mass is 10.1. The third-order valence-corrected chi connectivity index (χ3v) is 6.74. The number of furan rings is 1. The Hall–Kier alpha value is -3.40. The molecule has 35 heavy (non-hydrogen) atoms. The van der Waals surface area contributed by atoms with Crippen molar-refractivity contribution in [3.05, 3.63) is 71.4 Å². The first-order chi connectivity index (χ1) is 17.1. The van der Waals surface area contributed by atoms with Gasteiger partial charge in [0.2, 0.25) is 5.91 Å². The van der Waals surface area contributed by atoms with Gasteiger partial charge in [-0.15, -0.1) is 11.3 Å². The van der Waals surface area contributed by atoms with E-state index in [0.717, 1.165) is 43.4 Å². The second-order valence-corrected chi connectivity index (χ2v) is 9.66. The van der Waals surface area contributed by atoms with Crippen LogP contribution in [0.2, 0.25) is 0 Å². The van der Waals surface area contributed by atoms with Gasteiger partial charge in [-0.25, -0.2) is 15.0 Å². The Labute approximate surface area is 208 Å². The minimum atomic E-state index is -0.144. The third kappa shape index (κ3) is 6.19. The molecule has 0 saturated carbocycles. The maximum Gasteiger partial charge on any atom is 0.239 e. The summed E-state index contributed by atoms with van der Waals surface area (Å²) in [6.45, 7) is 6.00. The third-order valence-electron chi connectivity index (χ3n) is 5.94. The lowest BCUT2D eigenvalue weighted by Crippen LogP contribution is -2.33. The van der Waals surface area contributed by atoms with E-state index in [1.165, 1.54) is 16.9 Å². The predicted molar refractivity (Wildman–Crippen MR) is 137 cm³/mol. The van der Waals surface area contributed by atoms with Gasteiger partial charge >= 0.3 is 0 Å². The van der Waals surface area contributed by atoms with Crippen molar-refractivity contribution < 1.29 is 9.21 Å². The lowest BCUT2D eigenvalue weighted by molar-refractivity contribution is -0.115. The normalized spacial score (nSPS) is 16.0. The molecule has 180 valence electrons. The van der Waals surface area contributed by atoms with Crippen molar-refractivity contribution in [2.45, 2.75) is 19.9 Å². The molecule has 5 rings (SSSR count). The number of hydrogen-bond donors (Lipinski definition) is 2. The highest BCUT2D eigenvalue weighted by molar-refractivity contribution is 7.13. The van der Waals surface area contributed by atoms with Gasteiger partial charge in [0.15, 0.2) is 11.6 Å². The summed E-state index contributed by atoms with van der Waals surface area (Å²) in [5.74, 6) is 2.56. The molecule has 9 heteroatoms. The second kappa shape index (κ2) is 10.9. The van der Waals surface area contributed by atoms with Crippen molar-refractivity contribution in [1.29, 1.82) is 0 Å². The van der Waals surface area contributed by atoms with E-state index in [1.807, 2.05) is 30.5 Å². The van der Waals surface area contributed by atoms with Gasteiger partial charge in [-0.1, -0.05) is 30.3 Å². The van der Waals surface area contributed by atoms with Crippen LogP contribution in [-0.4, -0.2) is 51.9 Å². The molecule has 1 aliphatic heterocycles.